The van der Waals surface area contributed by atoms with Crippen molar-refractivity contribution >= 4 is 0 Å². The minimum Gasteiger partial charge on any atom is -0.493 e. The Morgan fingerprint density at radius 2 is 1.74 bits per heavy atom. The van der Waals surface area contributed by atoms with E-state index in [1.54, 1.807) is 14.2 Å². The quantitative estimate of drug-likeness (QED) is 0.911. The van der Waals surface area contributed by atoms with Crippen LogP contribution in [-0.2, 0) is 6.42 Å². The summed E-state index contributed by atoms with van der Waals surface area (Å²) in [4.78, 5) is 0. The van der Waals surface area contributed by atoms with Gasteiger partial charge >= 0.3 is 0 Å². The van der Waals surface area contributed by atoms with Crippen molar-refractivity contribution in [3.63, 3.8) is 0 Å². The highest BCUT2D eigenvalue weighted by atomic mass is 16.5. The molecule has 0 bridgehead atoms. The Morgan fingerprint density at radius 1 is 1.09 bits per heavy atom. The van der Waals surface area contributed by atoms with Crippen molar-refractivity contribution < 1.29 is 14.6 Å². The minimum absolute atomic E-state index is 0.00538. The molecule has 4 nitrogen and oxygen atoms in total. The Balaban J connectivity index is 2.11. The van der Waals surface area contributed by atoms with Crippen molar-refractivity contribution in [1.29, 1.82) is 0 Å². The van der Waals surface area contributed by atoms with E-state index in [2.05, 4.69) is 17.4 Å². The van der Waals surface area contributed by atoms with Gasteiger partial charge in [-0.15, -0.1) is 0 Å². The van der Waals surface area contributed by atoms with Gasteiger partial charge in [-0.2, -0.15) is 0 Å². The lowest BCUT2D eigenvalue weighted by atomic mass is 9.85. The molecule has 0 amide bonds. The molecule has 0 saturated heterocycles. The number of fused-ring (bicyclic) bond motifs is 1. The number of nitrogens with one attached hydrogen (secondary N) is 1. The fraction of sp³-hybridized carbons (Fsp3) is 0.368. The van der Waals surface area contributed by atoms with Crippen LogP contribution in [0.15, 0.2) is 42.5 Å². The van der Waals surface area contributed by atoms with Crippen molar-refractivity contribution in [1.82, 2.24) is 5.32 Å². The number of ether oxygens (including phenoxy) is 2. The van der Waals surface area contributed by atoms with Crippen molar-refractivity contribution in [3.8, 4) is 11.5 Å². The lowest BCUT2D eigenvalue weighted by Gasteiger charge is -2.35. The van der Waals surface area contributed by atoms with Gasteiger partial charge in [-0.05, 0) is 42.2 Å². The molecule has 0 saturated carbocycles. The molecule has 1 heterocycles. The van der Waals surface area contributed by atoms with E-state index in [9.17, 15) is 5.11 Å². The van der Waals surface area contributed by atoms with E-state index in [4.69, 9.17) is 9.47 Å². The monoisotopic (exact) mass is 313 g/mol. The third-order valence-corrected chi connectivity index (χ3v) is 4.49. The highest BCUT2D eigenvalue weighted by Crippen LogP contribution is 2.38. The van der Waals surface area contributed by atoms with Gasteiger partial charge in [0.15, 0.2) is 11.5 Å². The summed E-state index contributed by atoms with van der Waals surface area (Å²) in [6, 6.07) is 14.4. The molecule has 23 heavy (non-hydrogen) atoms. The molecule has 0 spiro atoms. The van der Waals surface area contributed by atoms with E-state index in [-0.39, 0.29) is 12.1 Å². The van der Waals surface area contributed by atoms with Crippen molar-refractivity contribution in [3.05, 3.63) is 59.2 Å². The molecule has 4 heteroatoms. The van der Waals surface area contributed by atoms with Crippen molar-refractivity contribution in [2.24, 2.45) is 0 Å². The van der Waals surface area contributed by atoms with Gasteiger partial charge in [-0.3, -0.25) is 0 Å². The molecule has 3 rings (SSSR count). The standard InChI is InChI=1S/C19H23NO3/c1-12(21)16-9-14-10-17(22-2)18(23-3)11-15(14)19(20-16)13-7-5-4-6-8-13/h4-8,10-12,16,19-21H,9H2,1-3H3/t12-,16+,19-/m1/s1. The summed E-state index contributed by atoms with van der Waals surface area (Å²) in [5, 5.41) is 13.6. The molecule has 0 fully saturated rings. The fourth-order valence-electron chi connectivity index (χ4n) is 3.21. The molecular formula is C19H23NO3. The van der Waals surface area contributed by atoms with Gasteiger partial charge in [0.2, 0.25) is 0 Å². The number of rotatable bonds is 4. The van der Waals surface area contributed by atoms with Crippen LogP contribution in [0, 0.1) is 0 Å². The van der Waals surface area contributed by atoms with E-state index in [1.165, 1.54) is 16.7 Å². The van der Waals surface area contributed by atoms with Crippen LogP contribution < -0.4 is 14.8 Å². The van der Waals surface area contributed by atoms with Crippen molar-refractivity contribution in [2.75, 3.05) is 14.2 Å². The summed E-state index contributed by atoms with van der Waals surface area (Å²) in [6.45, 7) is 1.82. The lowest BCUT2D eigenvalue weighted by molar-refractivity contribution is 0.135. The second-order valence-corrected chi connectivity index (χ2v) is 5.97. The minimum atomic E-state index is -0.428. The largest absolute Gasteiger partial charge is 0.493 e. The summed E-state index contributed by atoms with van der Waals surface area (Å²) in [7, 11) is 3.29. The molecule has 2 N–H and O–H groups in total. The van der Waals surface area contributed by atoms with Gasteiger partial charge in [-0.25, -0.2) is 0 Å². The highest BCUT2D eigenvalue weighted by Gasteiger charge is 2.31. The zero-order chi connectivity index (χ0) is 16.4. The predicted octanol–water partition coefficient (Wildman–Crippen LogP) is 2.69. The Kier molecular flexibility index (Phi) is 4.55. The second-order valence-electron chi connectivity index (χ2n) is 5.97. The molecule has 2 aromatic rings. The molecule has 1 aliphatic rings. The molecule has 0 aromatic heterocycles. The summed E-state index contributed by atoms with van der Waals surface area (Å²) in [5.41, 5.74) is 3.53. The number of hydrogen-bond acceptors (Lipinski definition) is 4. The van der Waals surface area contributed by atoms with Gasteiger partial charge < -0.3 is 19.9 Å². The lowest BCUT2D eigenvalue weighted by Crippen LogP contribution is -2.46. The first-order chi connectivity index (χ1) is 11.1. The average molecular weight is 313 g/mol. The smallest absolute Gasteiger partial charge is 0.161 e. The predicted molar refractivity (Wildman–Crippen MR) is 90.1 cm³/mol. The molecule has 0 unspecified atom stereocenters. The number of hydrogen-bond donors (Lipinski definition) is 2. The topological polar surface area (TPSA) is 50.7 Å². The van der Waals surface area contributed by atoms with Gasteiger partial charge in [0.25, 0.3) is 0 Å². The van der Waals surface area contributed by atoms with E-state index in [0.29, 0.717) is 0 Å². The van der Waals surface area contributed by atoms with Crippen LogP contribution >= 0.6 is 0 Å². The molecule has 0 radical (unpaired) electrons. The SMILES string of the molecule is COc1cc2c(cc1OC)[C@@H](c1ccccc1)N[C@H]([C@@H](C)O)C2. The van der Waals surface area contributed by atoms with Gasteiger partial charge in [-0.1, -0.05) is 30.3 Å². The van der Waals surface area contributed by atoms with Crippen LogP contribution in [0.25, 0.3) is 0 Å². The van der Waals surface area contributed by atoms with Crippen LogP contribution in [0.2, 0.25) is 0 Å². The third kappa shape index (κ3) is 3.05. The zero-order valence-corrected chi connectivity index (χ0v) is 13.7. The van der Waals surface area contributed by atoms with Crippen LogP contribution in [0.3, 0.4) is 0 Å². The average Bonchev–Trinajstić information content (AvgIpc) is 2.60. The van der Waals surface area contributed by atoms with Crippen molar-refractivity contribution in [2.45, 2.75) is 31.5 Å². The maximum Gasteiger partial charge on any atom is 0.161 e. The molecular weight excluding hydrogens is 290 g/mol. The molecule has 0 aliphatic carbocycles. The summed E-state index contributed by atoms with van der Waals surface area (Å²) < 4.78 is 10.9. The first-order valence-corrected chi connectivity index (χ1v) is 7.88. The maximum absolute atomic E-state index is 10.1. The van der Waals surface area contributed by atoms with E-state index in [1.807, 2.05) is 37.3 Å². The molecule has 1 aliphatic heterocycles. The number of benzene rings is 2. The van der Waals surface area contributed by atoms with Crippen LogP contribution in [-0.4, -0.2) is 31.5 Å². The normalized spacial score (nSPS) is 21.4. The summed E-state index contributed by atoms with van der Waals surface area (Å²) >= 11 is 0. The Hall–Kier alpha value is -2.04. The Morgan fingerprint density at radius 3 is 2.35 bits per heavy atom. The number of aliphatic hydroxyl groups is 1. The summed E-state index contributed by atoms with van der Waals surface area (Å²) in [6.07, 6.45) is 0.332. The molecule has 122 valence electrons. The van der Waals surface area contributed by atoms with E-state index < -0.39 is 6.10 Å². The second kappa shape index (κ2) is 6.60. The fourth-order valence-corrected chi connectivity index (χ4v) is 3.21. The van der Waals surface area contributed by atoms with Gasteiger partial charge in [0, 0.05) is 6.04 Å². The van der Waals surface area contributed by atoms with Crippen LogP contribution in [0.4, 0.5) is 0 Å². The first kappa shape index (κ1) is 15.8. The maximum atomic E-state index is 10.1. The Labute approximate surface area is 137 Å². The Bertz CT molecular complexity index is 670. The van der Waals surface area contributed by atoms with E-state index in [0.717, 1.165) is 17.9 Å². The zero-order valence-electron chi connectivity index (χ0n) is 13.7. The van der Waals surface area contributed by atoms with Gasteiger partial charge in [0.1, 0.15) is 0 Å². The van der Waals surface area contributed by atoms with E-state index >= 15 is 0 Å². The first-order valence-electron chi connectivity index (χ1n) is 7.88. The summed E-state index contributed by atoms with van der Waals surface area (Å²) in [5.74, 6) is 1.45. The number of aliphatic hydroxyl groups excluding tert-OH is 1. The van der Waals surface area contributed by atoms with Crippen LogP contribution in [0.1, 0.15) is 29.7 Å². The third-order valence-electron chi connectivity index (χ3n) is 4.49. The highest BCUT2D eigenvalue weighted by molar-refractivity contribution is 5.52. The molecule has 3 atom stereocenters. The van der Waals surface area contributed by atoms with Crippen LogP contribution in [0.5, 0.6) is 11.5 Å². The molecule has 2 aromatic carbocycles. The van der Waals surface area contributed by atoms with Gasteiger partial charge in [0.05, 0.1) is 26.4 Å². The number of methoxy groups -OCH3 is 2.